The Hall–Kier alpha value is -1.56. The summed E-state index contributed by atoms with van der Waals surface area (Å²) in [6, 6.07) is 13.5. The maximum absolute atomic E-state index is 3.89. The third kappa shape index (κ3) is 2.08. The molecule has 1 fully saturated rings. The molecular weight excluding hydrogens is 216 g/mol. The first-order valence-electron chi connectivity index (χ1n) is 7.03. The molecule has 0 heteroatoms. The highest BCUT2D eigenvalue weighted by Crippen LogP contribution is 2.34. The van der Waals surface area contributed by atoms with Gasteiger partial charge in [0.25, 0.3) is 0 Å². The molecule has 18 heavy (non-hydrogen) atoms. The Balaban J connectivity index is 2.03. The second-order valence-electron chi connectivity index (χ2n) is 5.37. The predicted molar refractivity (Wildman–Crippen MR) is 79.9 cm³/mol. The fraction of sp³-hybridized carbons (Fsp3) is 0.333. The maximum atomic E-state index is 3.89. The molecule has 0 heterocycles. The Morgan fingerprint density at radius 1 is 1.00 bits per heavy atom. The molecule has 0 radical (unpaired) electrons. The molecule has 92 valence electrons. The standard InChI is InChI=1S/C18H20/c1-2-14-9-6-10-17-13-16(11-12-18(14)17)15-7-4-3-5-8-15/h2,6,9-13,15H,1,3-5,7-8H2. The van der Waals surface area contributed by atoms with Crippen LogP contribution in [0, 0.1) is 0 Å². The van der Waals surface area contributed by atoms with E-state index in [1.807, 2.05) is 6.08 Å². The van der Waals surface area contributed by atoms with E-state index in [-0.39, 0.29) is 0 Å². The van der Waals surface area contributed by atoms with Crippen LogP contribution in [0.15, 0.2) is 43.0 Å². The van der Waals surface area contributed by atoms with Gasteiger partial charge in [-0.25, -0.2) is 0 Å². The summed E-state index contributed by atoms with van der Waals surface area (Å²) < 4.78 is 0. The number of benzene rings is 2. The molecule has 0 spiro atoms. The van der Waals surface area contributed by atoms with Crippen LogP contribution in [-0.4, -0.2) is 0 Å². The number of hydrogen-bond donors (Lipinski definition) is 0. The summed E-state index contributed by atoms with van der Waals surface area (Å²) in [5.41, 5.74) is 2.77. The van der Waals surface area contributed by atoms with Gasteiger partial charge in [0.15, 0.2) is 0 Å². The molecule has 0 aliphatic heterocycles. The summed E-state index contributed by atoms with van der Waals surface area (Å²) >= 11 is 0. The van der Waals surface area contributed by atoms with Crippen LogP contribution < -0.4 is 0 Å². The van der Waals surface area contributed by atoms with Crippen LogP contribution in [0.5, 0.6) is 0 Å². The summed E-state index contributed by atoms with van der Waals surface area (Å²) in [6.45, 7) is 3.89. The van der Waals surface area contributed by atoms with Crippen molar-refractivity contribution in [3.05, 3.63) is 54.1 Å². The Kier molecular flexibility index (Phi) is 3.19. The quantitative estimate of drug-likeness (QED) is 0.643. The van der Waals surface area contributed by atoms with Gasteiger partial charge in [0.05, 0.1) is 0 Å². The van der Waals surface area contributed by atoms with Gasteiger partial charge in [0.1, 0.15) is 0 Å². The minimum Gasteiger partial charge on any atom is -0.0984 e. The summed E-state index contributed by atoms with van der Waals surface area (Å²) in [5, 5.41) is 2.68. The fourth-order valence-corrected chi connectivity index (χ4v) is 3.20. The second-order valence-corrected chi connectivity index (χ2v) is 5.37. The van der Waals surface area contributed by atoms with Gasteiger partial charge in [0, 0.05) is 0 Å². The smallest absolute Gasteiger partial charge is 0.0111 e. The van der Waals surface area contributed by atoms with Gasteiger partial charge in [0.2, 0.25) is 0 Å². The maximum Gasteiger partial charge on any atom is -0.0111 e. The average Bonchev–Trinajstić information content (AvgIpc) is 2.47. The van der Waals surface area contributed by atoms with Crippen LogP contribution in [0.25, 0.3) is 16.8 Å². The van der Waals surface area contributed by atoms with Crippen molar-refractivity contribution < 1.29 is 0 Å². The highest BCUT2D eigenvalue weighted by atomic mass is 14.2. The van der Waals surface area contributed by atoms with Crippen molar-refractivity contribution in [2.45, 2.75) is 38.0 Å². The van der Waals surface area contributed by atoms with Crippen LogP contribution in [-0.2, 0) is 0 Å². The van der Waals surface area contributed by atoms with Crippen LogP contribution in [0.1, 0.15) is 49.1 Å². The molecule has 0 N–H and O–H groups in total. The van der Waals surface area contributed by atoms with Crippen molar-refractivity contribution in [2.24, 2.45) is 0 Å². The fourth-order valence-electron chi connectivity index (χ4n) is 3.20. The molecule has 0 nitrogen and oxygen atoms in total. The first kappa shape index (κ1) is 11.5. The lowest BCUT2D eigenvalue weighted by Crippen LogP contribution is -2.04. The van der Waals surface area contributed by atoms with Crippen LogP contribution in [0.4, 0.5) is 0 Å². The van der Waals surface area contributed by atoms with Crippen molar-refractivity contribution in [1.82, 2.24) is 0 Å². The first-order valence-corrected chi connectivity index (χ1v) is 7.03. The van der Waals surface area contributed by atoms with Crippen molar-refractivity contribution >= 4 is 16.8 Å². The molecule has 1 aliphatic rings. The first-order chi connectivity index (χ1) is 8.88. The zero-order valence-electron chi connectivity index (χ0n) is 10.9. The average molecular weight is 236 g/mol. The lowest BCUT2D eigenvalue weighted by Gasteiger charge is -2.22. The van der Waals surface area contributed by atoms with Crippen LogP contribution >= 0.6 is 0 Å². The van der Waals surface area contributed by atoms with Crippen molar-refractivity contribution in [3.63, 3.8) is 0 Å². The molecule has 2 aromatic carbocycles. The summed E-state index contributed by atoms with van der Waals surface area (Å²) in [4.78, 5) is 0. The Morgan fingerprint density at radius 2 is 1.83 bits per heavy atom. The topological polar surface area (TPSA) is 0 Å². The Labute approximate surface area is 109 Å². The minimum atomic E-state index is 0.788. The van der Waals surface area contributed by atoms with E-state index >= 15 is 0 Å². The monoisotopic (exact) mass is 236 g/mol. The number of hydrogen-bond acceptors (Lipinski definition) is 0. The Bertz CT molecular complexity index is 559. The molecule has 0 saturated heterocycles. The summed E-state index contributed by atoms with van der Waals surface area (Å²) in [6.07, 6.45) is 8.90. The van der Waals surface area contributed by atoms with E-state index in [9.17, 15) is 0 Å². The van der Waals surface area contributed by atoms with E-state index < -0.39 is 0 Å². The number of rotatable bonds is 2. The molecule has 3 rings (SSSR count). The lowest BCUT2D eigenvalue weighted by molar-refractivity contribution is 0.444. The minimum absolute atomic E-state index is 0.788. The molecule has 0 bridgehead atoms. The van der Waals surface area contributed by atoms with E-state index in [0.717, 1.165) is 5.92 Å². The van der Waals surface area contributed by atoms with E-state index in [1.165, 1.54) is 54.0 Å². The predicted octanol–water partition coefficient (Wildman–Crippen LogP) is 5.53. The van der Waals surface area contributed by atoms with Gasteiger partial charge >= 0.3 is 0 Å². The van der Waals surface area contributed by atoms with Crippen molar-refractivity contribution in [2.75, 3.05) is 0 Å². The molecule has 0 amide bonds. The van der Waals surface area contributed by atoms with Crippen molar-refractivity contribution in [1.29, 1.82) is 0 Å². The molecule has 1 saturated carbocycles. The molecule has 0 atom stereocenters. The zero-order valence-corrected chi connectivity index (χ0v) is 10.9. The van der Waals surface area contributed by atoms with Gasteiger partial charge < -0.3 is 0 Å². The zero-order chi connectivity index (χ0) is 12.4. The van der Waals surface area contributed by atoms with Gasteiger partial charge in [-0.3, -0.25) is 0 Å². The highest BCUT2D eigenvalue weighted by Gasteiger charge is 2.15. The lowest BCUT2D eigenvalue weighted by atomic mass is 9.83. The van der Waals surface area contributed by atoms with E-state index in [1.54, 1.807) is 0 Å². The normalized spacial score (nSPS) is 16.9. The van der Waals surface area contributed by atoms with Crippen molar-refractivity contribution in [3.8, 4) is 0 Å². The molecule has 0 aromatic heterocycles. The SMILES string of the molecule is C=Cc1cccc2cc(C3CCCCC3)ccc12. The summed E-state index contributed by atoms with van der Waals surface area (Å²) in [7, 11) is 0. The van der Waals surface area contributed by atoms with Crippen LogP contribution in [0.3, 0.4) is 0 Å². The third-order valence-corrected chi connectivity index (χ3v) is 4.23. The van der Waals surface area contributed by atoms with Gasteiger partial charge in [-0.2, -0.15) is 0 Å². The molecular formula is C18H20. The summed E-state index contributed by atoms with van der Waals surface area (Å²) in [5.74, 6) is 0.788. The van der Waals surface area contributed by atoms with Gasteiger partial charge in [-0.1, -0.05) is 68.3 Å². The van der Waals surface area contributed by atoms with E-state index in [2.05, 4.69) is 43.0 Å². The third-order valence-electron chi connectivity index (χ3n) is 4.23. The Morgan fingerprint density at radius 3 is 2.61 bits per heavy atom. The number of fused-ring (bicyclic) bond motifs is 1. The molecule has 2 aromatic rings. The largest absolute Gasteiger partial charge is 0.0984 e. The van der Waals surface area contributed by atoms with E-state index in [0.29, 0.717) is 0 Å². The molecule has 1 aliphatic carbocycles. The van der Waals surface area contributed by atoms with Crippen LogP contribution in [0.2, 0.25) is 0 Å². The van der Waals surface area contributed by atoms with E-state index in [4.69, 9.17) is 0 Å². The second kappa shape index (κ2) is 4.97. The van der Waals surface area contributed by atoms with Gasteiger partial charge in [-0.05, 0) is 40.7 Å². The van der Waals surface area contributed by atoms with Gasteiger partial charge in [-0.15, -0.1) is 0 Å². The highest BCUT2D eigenvalue weighted by molar-refractivity contribution is 5.90. The molecule has 0 unspecified atom stereocenters.